The summed E-state index contributed by atoms with van der Waals surface area (Å²) in [6.07, 6.45) is 6.04. The van der Waals surface area contributed by atoms with Crippen molar-refractivity contribution in [3.8, 4) is 5.75 Å². The van der Waals surface area contributed by atoms with Gasteiger partial charge in [0, 0.05) is 10.6 Å². The number of benzene rings is 2. The maximum Gasteiger partial charge on any atom is 0.257 e. The lowest BCUT2D eigenvalue weighted by atomic mass is 10.1. The number of hydrazine groups is 1. The predicted molar refractivity (Wildman–Crippen MR) is 127 cm³/mol. The lowest BCUT2D eigenvalue weighted by Gasteiger charge is -2.11. The first kappa shape index (κ1) is 24.6. The Morgan fingerprint density at radius 1 is 0.935 bits per heavy atom. The van der Waals surface area contributed by atoms with Crippen LogP contribution in [0, 0.1) is 0 Å². The molecule has 31 heavy (non-hydrogen) atoms. The smallest absolute Gasteiger partial charge is 0.257 e. The summed E-state index contributed by atoms with van der Waals surface area (Å²) < 4.78 is 5.70. The molecule has 2 aromatic rings. The van der Waals surface area contributed by atoms with Crippen LogP contribution >= 0.6 is 23.8 Å². The van der Waals surface area contributed by atoms with Gasteiger partial charge < -0.3 is 4.74 Å². The van der Waals surface area contributed by atoms with E-state index >= 15 is 0 Å². The van der Waals surface area contributed by atoms with Crippen LogP contribution in [0.15, 0.2) is 48.5 Å². The van der Waals surface area contributed by atoms with Crippen molar-refractivity contribution in [2.45, 2.75) is 45.4 Å². The van der Waals surface area contributed by atoms with Gasteiger partial charge in [0.15, 0.2) is 5.11 Å². The Morgan fingerprint density at radius 2 is 1.61 bits per heavy atom. The van der Waals surface area contributed by atoms with Crippen LogP contribution in [-0.2, 0) is 11.2 Å². The minimum Gasteiger partial charge on any atom is -0.494 e. The van der Waals surface area contributed by atoms with Crippen molar-refractivity contribution >= 4 is 40.7 Å². The van der Waals surface area contributed by atoms with Gasteiger partial charge >= 0.3 is 0 Å². The minimum absolute atomic E-state index is 0.00172. The molecule has 0 saturated carbocycles. The number of nitrogens with one attached hydrogen (secondary N) is 3. The molecule has 0 spiro atoms. The SMILES string of the molecule is CCCCCCCOc1ccc(C(=O)NC(=S)NNC(=O)Cc2ccc(Cl)cc2)cc1. The molecule has 3 N–H and O–H groups in total. The van der Waals surface area contributed by atoms with E-state index < -0.39 is 0 Å². The van der Waals surface area contributed by atoms with E-state index in [9.17, 15) is 9.59 Å². The maximum absolute atomic E-state index is 12.3. The Morgan fingerprint density at radius 3 is 2.29 bits per heavy atom. The van der Waals surface area contributed by atoms with E-state index in [1.165, 1.54) is 19.3 Å². The second kappa shape index (κ2) is 13.6. The van der Waals surface area contributed by atoms with Crippen LogP contribution in [0.1, 0.15) is 54.9 Å². The van der Waals surface area contributed by atoms with Gasteiger partial charge in [0.1, 0.15) is 5.75 Å². The minimum atomic E-state index is -0.379. The van der Waals surface area contributed by atoms with Crippen molar-refractivity contribution in [2.75, 3.05) is 6.61 Å². The zero-order valence-corrected chi connectivity index (χ0v) is 19.2. The van der Waals surface area contributed by atoms with Gasteiger partial charge in [-0.05, 0) is 60.6 Å². The number of ether oxygens (including phenoxy) is 1. The Balaban J connectivity index is 1.68. The summed E-state index contributed by atoms with van der Waals surface area (Å²) in [5, 5.41) is 3.13. The van der Waals surface area contributed by atoms with Gasteiger partial charge in [0.05, 0.1) is 13.0 Å². The number of thiocarbonyl (C=S) groups is 1. The normalized spacial score (nSPS) is 10.3. The first-order valence-electron chi connectivity index (χ1n) is 10.4. The molecule has 0 aliphatic carbocycles. The molecule has 8 heteroatoms. The number of hydrogen-bond acceptors (Lipinski definition) is 4. The zero-order chi connectivity index (χ0) is 22.5. The van der Waals surface area contributed by atoms with Crippen LogP contribution in [0.5, 0.6) is 5.75 Å². The van der Waals surface area contributed by atoms with E-state index in [1.54, 1.807) is 48.5 Å². The average Bonchev–Trinajstić information content (AvgIpc) is 2.77. The first-order valence-corrected chi connectivity index (χ1v) is 11.1. The van der Waals surface area contributed by atoms with Gasteiger partial charge in [-0.3, -0.25) is 25.8 Å². The van der Waals surface area contributed by atoms with Gasteiger partial charge in [0.25, 0.3) is 5.91 Å². The molecule has 6 nitrogen and oxygen atoms in total. The molecule has 2 rings (SSSR count). The highest BCUT2D eigenvalue weighted by molar-refractivity contribution is 7.80. The van der Waals surface area contributed by atoms with E-state index in [2.05, 4.69) is 23.1 Å². The van der Waals surface area contributed by atoms with Crippen LogP contribution < -0.4 is 20.9 Å². The third-order valence-corrected chi connectivity index (χ3v) is 4.91. The summed E-state index contributed by atoms with van der Waals surface area (Å²) in [5.41, 5.74) is 6.22. The molecular formula is C23H28ClN3O3S. The number of amides is 2. The Hall–Kier alpha value is -2.64. The molecule has 0 saturated heterocycles. The van der Waals surface area contributed by atoms with Crippen LogP contribution in [-0.4, -0.2) is 23.5 Å². The van der Waals surface area contributed by atoms with Crippen LogP contribution in [0.3, 0.4) is 0 Å². The molecule has 166 valence electrons. The van der Waals surface area contributed by atoms with Crippen molar-refractivity contribution in [3.05, 3.63) is 64.7 Å². The van der Waals surface area contributed by atoms with Gasteiger partial charge in [-0.15, -0.1) is 0 Å². The zero-order valence-electron chi connectivity index (χ0n) is 17.6. The molecule has 0 fully saturated rings. The molecule has 2 amide bonds. The molecule has 0 unspecified atom stereocenters. The second-order valence-corrected chi connectivity index (χ2v) is 7.89. The van der Waals surface area contributed by atoms with Crippen molar-refractivity contribution in [1.82, 2.24) is 16.2 Å². The lowest BCUT2D eigenvalue weighted by molar-refractivity contribution is -0.121. The molecule has 0 aliphatic heterocycles. The van der Waals surface area contributed by atoms with E-state index in [1.807, 2.05) is 0 Å². The van der Waals surface area contributed by atoms with Gasteiger partial charge in [-0.25, -0.2) is 0 Å². The van der Waals surface area contributed by atoms with Crippen LogP contribution in [0.25, 0.3) is 0 Å². The van der Waals surface area contributed by atoms with Gasteiger partial charge in [-0.1, -0.05) is 56.3 Å². The fourth-order valence-corrected chi connectivity index (χ4v) is 3.03. The number of hydrogen-bond donors (Lipinski definition) is 3. The van der Waals surface area contributed by atoms with Crippen LogP contribution in [0.2, 0.25) is 5.02 Å². The molecule has 0 radical (unpaired) electrons. The summed E-state index contributed by atoms with van der Waals surface area (Å²) in [7, 11) is 0. The third-order valence-electron chi connectivity index (χ3n) is 4.45. The van der Waals surface area contributed by atoms with Crippen molar-refractivity contribution in [3.63, 3.8) is 0 Å². The molecular weight excluding hydrogens is 434 g/mol. The van der Waals surface area contributed by atoms with E-state index in [4.69, 9.17) is 28.6 Å². The average molecular weight is 462 g/mol. The highest BCUT2D eigenvalue weighted by atomic mass is 35.5. The first-order chi connectivity index (χ1) is 15.0. The molecule has 0 aliphatic rings. The Kier molecular flexibility index (Phi) is 10.8. The fraction of sp³-hybridized carbons (Fsp3) is 0.348. The van der Waals surface area contributed by atoms with E-state index in [0.717, 1.165) is 24.2 Å². The molecule has 0 atom stereocenters. The van der Waals surface area contributed by atoms with Crippen molar-refractivity contribution < 1.29 is 14.3 Å². The number of rotatable bonds is 10. The lowest BCUT2D eigenvalue weighted by Crippen LogP contribution is -2.48. The number of unbranched alkanes of at least 4 members (excludes halogenated alkanes) is 4. The van der Waals surface area contributed by atoms with Gasteiger partial charge in [-0.2, -0.15) is 0 Å². The summed E-state index contributed by atoms with van der Waals surface area (Å²) in [5.74, 6) is 0.0490. The number of carbonyl (C=O) groups excluding carboxylic acids is 2. The molecule has 0 bridgehead atoms. The number of carbonyl (C=O) groups is 2. The summed E-state index contributed by atoms with van der Waals surface area (Å²) in [6.45, 7) is 2.86. The highest BCUT2D eigenvalue weighted by Gasteiger charge is 2.09. The Bertz CT molecular complexity index is 857. The molecule has 0 heterocycles. The monoisotopic (exact) mass is 461 g/mol. The third kappa shape index (κ3) is 9.81. The van der Waals surface area contributed by atoms with Crippen molar-refractivity contribution in [1.29, 1.82) is 0 Å². The molecule has 2 aromatic carbocycles. The van der Waals surface area contributed by atoms with Gasteiger partial charge in [0.2, 0.25) is 5.91 Å². The Labute approximate surface area is 193 Å². The highest BCUT2D eigenvalue weighted by Crippen LogP contribution is 2.13. The maximum atomic E-state index is 12.3. The standard InChI is InChI=1S/C23H28ClN3O3S/c1-2-3-4-5-6-15-30-20-13-9-18(10-14-20)22(29)25-23(31)27-26-21(28)16-17-7-11-19(24)12-8-17/h7-14H,2-6,15-16H2,1H3,(H,26,28)(H2,25,27,29,31). The quantitative estimate of drug-likeness (QED) is 0.274. The van der Waals surface area contributed by atoms with Crippen molar-refractivity contribution in [2.24, 2.45) is 0 Å². The van der Waals surface area contributed by atoms with E-state index in [-0.39, 0.29) is 23.3 Å². The second-order valence-electron chi connectivity index (χ2n) is 7.05. The number of halogens is 1. The van der Waals surface area contributed by atoms with E-state index in [0.29, 0.717) is 17.2 Å². The fourth-order valence-electron chi connectivity index (χ4n) is 2.76. The predicted octanol–water partition coefficient (Wildman–Crippen LogP) is 4.57. The summed E-state index contributed by atoms with van der Waals surface area (Å²) in [4.78, 5) is 24.3. The topological polar surface area (TPSA) is 79.5 Å². The molecule has 0 aromatic heterocycles. The summed E-state index contributed by atoms with van der Waals surface area (Å²) >= 11 is 10.9. The summed E-state index contributed by atoms with van der Waals surface area (Å²) in [6, 6.07) is 13.8. The van der Waals surface area contributed by atoms with Crippen LogP contribution in [0.4, 0.5) is 0 Å². The largest absolute Gasteiger partial charge is 0.494 e.